The van der Waals surface area contributed by atoms with Crippen LogP contribution in [0.5, 0.6) is 0 Å². The summed E-state index contributed by atoms with van der Waals surface area (Å²) in [7, 11) is 0. The Kier molecular flexibility index (Phi) is 5.23. The van der Waals surface area contributed by atoms with Gasteiger partial charge in [-0.1, -0.05) is 42.5 Å². The molecule has 0 fully saturated rings. The third-order valence-corrected chi connectivity index (χ3v) is 2.98. The maximum absolute atomic E-state index is 13.0. The van der Waals surface area contributed by atoms with Crippen molar-refractivity contribution in [1.82, 2.24) is 5.32 Å². The number of halogens is 1. The maximum atomic E-state index is 13.0. The molecule has 21 heavy (non-hydrogen) atoms. The summed E-state index contributed by atoms with van der Waals surface area (Å²) in [6, 6.07) is 14.7. The molecule has 4 heteroatoms. The van der Waals surface area contributed by atoms with Gasteiger partial charge in [-0.05, 0) is 29.3 Å². The molecule has 0 unspecified atom stereocenters. The molecule has 0 saturated heterocycles. The second kappa shape index (κ2) is 7.36. The Balaban J connectivity index is 2.00. The molecule has 0 bridgehead atoms. The Morgan fingerprint density at radius 3 is 2.62 bits per heavy atom. The number of hydrogen-bond acceptors (Lipinski definition) is 2. The predicted molar refractivity (Wildman–Crippen MR) is 79.8 cm³/mol. The van der Waals surface area contributed by atoms with Gasteiger partial charge in [-0.25, -0.2) is 4.39 Å². The van der Waals surface area contributed by atoms with Gasteiger partial charge >= 0.3 is 0 Å². The number of hydrogen-bond donors (Lipinski definition) is 2. The summed E-state index contributed by atoms with van der Waals surface area (Å²) in [5.74, 6) is -0.697. The minimum Gasteiger partial charge on any atom is -0.394 e. The summed E-state index contributed by atoms with van der Waals surface area (Å²) < 4.78 is 13.0. The highest BCUT2D eigenvalue weighted by molar-refractivity contribution is 5.92. The third-order valence-electron chi connectivity index (χ3n) is 2.98. The summed E-state index contributed by atoms with van der Waals surface area (Å²) >= 11 is 0. The first-order valence-electron chi connectivity index (χ1n) is 6.59. The van der Waals surface area contributed by atoms with Crippen LogP contribution in [0.3, 0.4) is 0 Å². The average Bonchev–Trinajstić information content (AvgIpc) is 2.51. The first-order valence-corrected chi connectivity index (χ1v) is 6.59. The summed E-state index contributed by atoms with van der Waals surface area (Å²) in [4.78, 5) is 11.8. The van der Waals surface area contributed by atoms with E-state index >= 15 is 0 Å². The van der Waals surface area contributed by atoms with E-state index in [1.807, 2.05) is 30.3 Å². The van der Waals surface area contributed by atoms with E-state index in [0.717, 1.165) is 5.56 Å². The number of rotatable bonds is 5. The van der Waals surface area contributed by atoms with Crippen molar-refractivity contribution in [3.05, 3.63) is 77.6 Å². The summed E-state index contributed by atoms with van der Waals surface area (Å²) in [6.07, 6.45) is 2.85. The van der Waals surface area contributed by atoms with Crippen molar-refractivity contribution in [2.45, 2.75) is 6.04 Å². The van der Waals surface area contributed by atoms with Gasteiger partial charge in [0.05, 0.1) is 12.6 Å². The van der Waals surface area contributed by atoms with E-state index < -0.39 is 6.04 Å². The first kappa shape index (κ1) is 14.9. The van der Waals surface area contributed by atoms with Gasteiger partial charge in [0.2, 0.25) is 5.91 Å². The van der Waals surface area contributed by atoms with Gasteiger partial charge in [-0.2, -0.15) is 0 Å². The van der Waals surface area contributed by atoms with Crippen molar-refractivity contribution >= 4 is 12.0 Å². The van der Waals surface area contributed by atoms with Crippen molar-refractivity contribution in [2.75, 3.05) is 6.61 Å². The van der Waals surface area contributed by atoms with Crippen molar-refractivity contribution in [3.63, 3.8) is 0 Å². The predicted octanol–water partition coefficient (Wildman–Crippen LogP) is 2.69. The number of aliphatic hydroxyl groups is 1. The number of carbonyl (C=O) groups excluding carboxylic acids is 1. The summed E-state index contributed by atoms with van der Waals surface area (Å²) in [6.45, 7) is -0.191. The van der Waals surface area contributed by atoms with Gasteiger partial charge in [0.25, 0.3) is 0 Å². The standard InChI is InChI=1S/C17H16FNO2/c18-15-8-4-5-13(11-15)9-10-17(21)19-16(12-20)14-6-2-1-3-7-14/h1-11,16,20H,12H2,(H,19,21)/b10-9+/t16-/m1/s1. The van der Waals surface area contributed by atoms with E-state index in [0.29, 0.717) is 5.56 Å². The quantitative estimate of drug-likeness (QED) is 0.830. The molecule has 3 nitrogen and oxygen atoms in total. The van der Waals surface area contributed by atoms with Crippen LogP contribution < -0.4 is 5.32 Å². The van der Waals surface area contributed by atoms with E-state index in [1.54, 1.807) is 12.1 Å². The SMILES string of the molecule is O=C(/C=C/c1cccc(F)c1)N[C@H](CO)c1ccccc1. The summed E-state index contributed by atoms with van der Waals surface area (Å²) in [5.41, 5.74) is 1.43. The molecule has 2 N–H and O–H groups in total. The van der Waals surface area contributed by atoms with E-state index in [1.165, 1.54) is 24.3 Å². The Labute approximate surface area is 122 Å². The highest BCUT2D eigenvalue weighted by Crippen LogP contribution is 2.11. The first-order chi connectivity index (χ1) is 10.2. The molecule has 0 aliphatic carbocycles. The number of carbonyl (C=O) groups is 1. The van der Waals surface area contributed by atoms with Crippen LogP contribution in [0.1, 0.15) is 17.2 Å². The molecule has 0 spiro atoms. The molecule has 0 aliphatic rings. The zero-order valence-corrected chi connectivity index (χ0v) is 11.4. The molecule has 2 aromatic rings. The fourth-order valence-corrected chi connectivity index (χ4v) is 1.92. The van der Waals surface area contributed by atoms with Gasteiger partial charge in [-0.3, -0.25) is 4.79 Å². The second-order valence-electron chi connectivity index (χ2n) is 4.54. The lowest BCUT2D eigenvalue weighted by Crippen LogP contribution is -2.29. The second-order valence-corrected chi connectivity index (χ2v) is 4.54. The van der Waals surface area contributed by atoms with E-state index in [2.05, 4.69) is 5.32 Å². The van der Waals surface area contributed by atoms with Gasteiger partial charge in [-0.15, -0.1) is 0 Å². The smallest absolute Gasteiger partial charge is 0.244 e. The molecule has 1 atom stereocenters. The van der Waals surface area contributed by atoms with Crippen LogP contribution in [0.25, 0.3) is 6.08 Å². The van der Waals surface area contributed by atoms with Crippen molar-refractivity contribution in [2.24, 2.45) is 0 Å². The molecule has 1 amide bonds. The highest BCUT2D eigenvalue weighted by atomic mass is 19.1. The lowest BCUT2D eigenvalue weighted by atomic mass is 10.1. The molecule has 2 aromatic carbocycles. The monoisotopic (exact) mass is 285 g/mol. The number of nitrogens with one attached hydrogen (secondary N) is 1. The van der Waals surface area contributed by atoms with Crippen LogP contribution in [-0.2, 0) is 4.79 Å². The molecule has 0 radical (unpaired) electrons. The fourth-order valence-electron chi connectivity index (χ4n) is 1.92. The third kappa shape index (κ3) is 4.54. The van der Waals surface area contributed by atoms with E-state index in [9.17, 15) is 14.3 Å². The van der Waals surface area contributed by atoms with Crippen LogP contribution in [0.2, 0.25) is 0 Å². The van der Waals surface area contributed by atoms with Crippen LogP contribution in [0, 0.1) is 5.82 Å². The molecular formula is C17H16FNO2. The maximum Gasteiger partial charge on any atom is 0.244 e. The number of benzene rings is 2. The Morgan fingerprint density at radius 1 is 1.19 bits per heavy atom. The minimum absolute atomic E-state index is 0.191. The van der Waals surface area contributed by atoms with Crippen molar-refractivity contribution in [1.29, 1.82) is 0 Å². The Bertz CT molecular complexity index is 626. The van der Waals surface area contributed by atoms with Crippen molar-refractivity contribution in [3.8, 4) is 0 Å². The van der Waals surface area contributed by atoms with Gasteiger partial charge in [0, 0.05) is 6.08 Å². The highest BCUT2D eigenvalue weighted by Gasteiger charge is 2.11. The van der Waals surface area contributed by atoms with Crippen LogP contribution in [0.4, 0.5) is 4.39 Å². The van der Waals surface area contributed by atoms with Crippen molar-refractivity contribution < 1.29 is 14.3 Å². The zero-order chi connectivity index (χ0) is 15.1. The number of amides is 1. The fraction of sp³-hybridized carbons (Fsp3) is 0.118. The van der Waals surface area contributed by atoms with Gasteiger partial charge < -0.3 is 10.4 Å². The molecule has 2 rings (SSSR count). The molecule has 0 saturated carbocycles. The largest absolute Gasteiger partial charge is 0.394 e. The Morgan fingerprint density at radius 2 is 1.95 bits per heavy atom. The van der Waals surface area contributed by atoms with Gasteiger partial charge in [0.15, 0.2) is 0 Å². The topological polar surface area (TPSA) is 49.3 Å². The van der Waals surface area contributed by atoms with Crippen LogP contribution >= 0.6 is 0 Å². The zero-order valence-electron chi connectivity index (χ0n) is 11.4. The lowest BCUT2D eigenvalue weighted by Gasteiger charge is -2.15. The molecule has 0 aliphatic heterocycles. The average molecular weight is 285 g/mol. The van der Waals surface area contributed by atoms with E-state index in [-0.39, 0.29) is 18.3 Å². The van der Waals surface area contributed by atoms with E-state index in [4.69, 9.17) is 0 Å². The molecular weight excluding hydrogens is 269 g/mol. The number of aliphatic hydroxyl groups excluding tert-OH is 1. The molecule has 0 aromatic heterocycles. The van der Waals surface area contributed by atoms with Gasteiger partial charge in [0.1, 0.15) is 5.82 Å². The Hall–Kier alpha value is -2.46. The minimum atomic E-state index is -0.462. The van der Waals surface area contributed by atoms with Crippen LogP contribution in [-0.4, -0.2) is 17.6 Å². The molecule has 108 valence electrons. The van der Waals surface area contributed by atoms with Crippen LogP contribution in [0.15, 0.2) is 60.7 Å². The summed E-state index contributed by atoms with van der Waals surface area (Å²) in [5, 5.41) is 12.1. The molecule has 0 heterocycles. The normalized spacial score (nSPS) is 12.3. The lowest BCUT2D eigenvalue weighted by molar-refractivity contribution is -0.117.